The monoisotopic (exact) mass is 226 g/mol. The molecule has 1 amide bonds. The van der Waals surface area contributed by atoms with Crippen molar-refractivity contribution in [2.75, 3.05) is 0 Å². The molecular formula is C11H18N2O3. The van der Waals surface area contributed by atoms with Gasteiger partial charge in [-0.1, -0.05) is 13.8 Å². The fourth-order valence-electron chi connectivity index (χ4n) is 1.06. The zero-order valence-electron chi connectivity index (χ0n) is 9.82. The average Bonchev–Trinajstić information content (AvgIpc) is 2.73. The first kappa shape index (κ1) is 12.7. The largest absolute Gasteiger partial charge is 0.466 e. The van der Waals surface area contributed by atoms with Crippen LogP contribution >= 0.6 is 0 Å². The van der Waals surface area contributed by atoms with E-state index in [2.05, 4.69) is 13.8 Å². The van der Waals surface area contributed by atoms with E-state index < -0.39 is 0 Å². The Kier molecular flexibility index (Phi) is 4.52. The Bertz CT molecular complexity index is 347. The first-order valence-electron chi connectivity index (χ1n) is 5.24. The number of rotatable bonds is 5. The minimum Gasteiger partial charge on any atom is -0.466 e. The number of amides is 1. The van der Waals surface area contributed by atoms with Crippen LogP contribution in [0.5, 0.6) is 0 Å². The lowest BCUT2D eigenvalue weighted by Gasteiger charge is -2.15. The molecule has 0 saturated heterocycles. The standard InChI is InChI=1S/C11H18N2O3/c1-7(2)8(3)15-6-10-4-9(5-16-10)11(14)13-12/h4-5,7-8H,6,12H2,1-3H3,(H,13,14). The molecule has 1 atom stereocenters. The molecular weight excluding hydrogens is 208 g/mol. The number of carbonyl (C=O) groups excluding carboxylic acids is 1. The van der Waals surface area contributed by atoms with Crippen LogP contribution in [-0.4, -0.2) is 12.0 Å². The SMILES string of the molecule is CC(C)C(C)OCc1cc(C(=O)NN)co1. The molecule has 0 aliphatic carbocycles. The summed E-state index contributed by atoms with van der Waals surface area (Å²) >= 11 is 0. The topological polar surface area (TPSA) is 77.5 Å². The summed E-state index contributed by atoms with van der Waals surface area (Å²) in [6.45, 7) is 6.53. The van der Waals surface area contributed by atoms with Crippen molar-refractivity contribution in [3.8, 4) is 0 Å². The highest BCUT2D eigenvalue weighted by Gasteiger charge is 2.11. The van der Waals surface area contributed by atoms with E-state index in [9.17, 15) is 4.79 Å². The van der Waals surface area contributed by atoms with Crippen molar-refractivity contribution >= 4 is 5.91 Å². The molecule has 0 aromatic carbocycles. The van der Waals surface area contributed by atoms with Crippen LogP contribution in [0.2, 0.25) is 0 Å². The highest BCUT2D eigenvalue weighted by atomic mass is 16.5. The van der Waals surface area contributed by atoms with Gasteiger partial charge in [-0.05, 0) is 18.9 Å². The fourth-order valence-corrected chi connectivity index (χ4v) is 1.06. The average molecular weight is 226 g/mol. The minimum atomic E-state index is -0.369. The number of nitrogen functional groups attached to an aromatic ring is 1. The Morgan fingerprint density at radius 2 is 2.25 bits per heavy atom. The van der Waals surface area contributed by atoms with Gasteiger partial charge < -0.3 is 9.15 Å². The van der Waals surface area contributed by atoms with Crippen LogP contribution in [0.3, 0.4) is 0 Å². The molecule has 0 bridgehead atoms. The Balaban J connectivity index is 2.49. The minimum absolute atomic E-state index is 0.150. The molecule has 0 spiro atoms. The first-order valence-corrected chi connectivity index (χ1v) is 5.24. The van der Waals surface area contributed by atoms with Crippen molar-refractivity contribution in [1.29, 1.82) is 0 Å². The van der Waals surface area contributed by atoms with Gasteiger partial charge >= 0.3 is 0 Å². The van der Waals surface area contributed by atoms with Gasteiger partial charge in [0.2, 0.25) is 0 Å². The van der Waals surface area contributed by atoms with Crippen molar-refractivity contribution in [3.05, 3.63) is 23.7 Å². The van der Waals surface area contributed by atoms with Crippen molar-refractivity contribution in [2.24, 2.45) is 11.8 Å². The summed E-state index contributed by atoms with van der Waals surface area (Å²) in [6.07, 6.45) is 1.51. The van der Waals surface area contributed by atoms with Gasteiger partial charge in [0, 0.05) is 0 Å². The molecule has 1 unspecified atom stereocenters. The fraction of sp³-hybridized carbons (Fsp3) is 0.545. The van der Waals surface area contributed by atoms with Gasteiger partial charge in [-0.25, -0.2) is 5.84 Å². The van der Waals surface area contributed by atoms with Crippen molar-refractivity contribution in [3.63, 3.8) is 0 Å². The molecule has 1 aromatic rings. The second-order valence-corrected chi connectivity index (χ2v) is 4.04. The Hall–Kier alpha value is -1.33. The molecule has 16 heavy (non-hydrogen) atoms. The van der Waals surface area contributed by atoms with Crippen LogP contribution in [0.1, 0.15) is 36.9 Å². The molecule has 1 rings (SSSR count). The van der Waals surface area contributed by atoms with Crippen LogP contribution in [-0.2, 0) is 11.3 Å². The van der Waals surface area contributed by atoms with Crippen LogP contribution in [0.25, 0.3) is 0 Å². The van der Waals surface area contributed by atoms with E-state index in [1.54, 1.807) is 6.07 Å². The van der Waals surface area contributed by atoms with Gasteiger partial charge in [0.05, 0.1) is 11.7 Å². The van der Waals surface area contributed by atoms with Crippen molar-refractivity contribution in [1.82, 2.24) is 5.43 Å². The third-order valence-electron chi connectivity index (χ3n) is 2.47. The van der Waals surface area contributed by atoms with Gasteiger partial charge in [0.1, 0.15) is 18.6 Å². The zero-order chi connectivity index (χ0) is 12.1. The normalized spacial score (nSPS) is 12.8. The number of carbonyl (C=O) groups is 1. The summed E-state index contributed by atoms with van der Waals surface area (Å²) in [4.78, 5) is 11.1. The van der Waals surface area contributed by atoms with Crippen LogP contribution in [0.15, 0.2) is 16.7 Å². The van der Waals surface area contributed by atoms with E-state index in [4.69, 9.17) is 15.0 Å². The Labute approximate surface area is 94.9 Å². The number of nitrogens with one attached hydrogen (secondary N) is 1. The molecule has 0 aliphatic rings. The van der Waals surface area contributed by atoms with Crippen molar-refractivity contribution < 1.29 is 13.9 Å². The molecule has 3 N–H and O–H groups in total. The Morgan fingerprint density at radius 3 is 2.81 bits per heavy atom. The lowest BCUT2D eigenvalue weighted by molar-refractivity contribution is 0.0149. The van der Waals surface area contributed by atoms with Crippen LogP contribution in [0, 0.1) is 5.92 Å². The zero-order valence-corrected chi connectivity index (χ0v) is 9.82. The maximum absolute atomic E-state index is 11.1. The summed E-state index contributed by atoms with van der Waals surface area (Å²) in [7, 11) is 0. The molecule has 0 fully saturated rings. The number of furan rings is 1. The van der Waals surface area contributed by atoms with E-state index in [-0.39, 0.29) is 12.0 Å². The van der Waals surface area contributed by atoms with Gasteiger partial charge in [-0.3, -0.25) is 10.2 Å². The van der Waals surface area contributed by atoms with E-state index in [0.29, 0.717) is 23.8 Å². The summed E-state index contributed by atoms with van der Waals surface area (Å²) in [5.41, 5.74) is 2.44. The molecule has 0 radical (unpaired) electrons. The quantitative estimate of drug-likeness (QED) is 0.452. The van der Waals surface area contributed by atoms with Gasteiger partial charge in [0.25, 0.3) is 5.91 Å². The number of hydrazine groups is 1. The second kappa shape index (κ2) is 5.67. The molecule has 1 heterocycles. The number of hydrogen-bond acceptors (Lipinski definition) is 4. The third-order valence-corrected chi connectivity index (χ3v) is 2.47. The number of nitrogens with two attached hydrogens (primary N) is 1. The lowest BCUT2D eigenvalue weighted by Crippen LogP contribution is -2.29. The predicted octanol–water partition coefficient (Wildman–Crippen LogP) is 1.44. The molecule has 0 aliphatic heterocycles. The van der Waals surface area contributed by atoms with Crippen LogP contribution in [0.4, 0.5) is 0 Å². The number of ether oxygens (including phenoxy) is 1. The van der Waals surface area contributed by atoms with E-state index in [1.807, 2.05) is 12.3 Å². The maximum atomic E-state index is 11.1. The summed E-state index contributed by atoms with van der Waals surface area (Å²) in [5.74, 6) is 5.70. The lowest BCUT2D eigenvalue weighted by atomic mass is 10.1. The van der Waals surface area contributed by atoms with Gasteiger partial charge in [-0.15, -0.1) is 0 Å². The van der Waals surface area contributed by atoms with E-state index in [1.165, 1.54) is 6.26 Å². The summed E-state index contributed by atoms with van der Waals surface area (Å²) in [5, 5.41) is 0. The molecule has 0 saturated carbocycles. The third kappa shape index (κ3) is 3.36. The highest BCUT2D eigenvalue weighted by molar-refractivity contribution is 5.93. The second-order valence-electron chi connectivity index (χ2n) is 4.04. The summed E-state index contributed by atoms with van der Waals surface area (Å²) in [6, 6.07) is 1.62. The number of hydrogen-bond donors (Lipinski definition) is 2. The predicted molar refractivity (Wildman–Crippen MR) is 59.5 cm³/mol. The molecule has 90 valence electrons. The molecule has 5 nitrogen and oxygen atoms in total. The molecule has 1 aromatic heterocycles. The highest BCUT2D eigenvalue weighted by Crippen LogP contribution is 2.12. The van der Waals surface area contributed by atoms with E-state index >= 15 is 0 Å². The van der Waals surface area contributed by atoms with Crippen molar-refractivity contribution in [2.45, 2.75) is 33.5 Å². The van der Waals surface area contributed by atoms with Gasteiger partial charge in [0.15, 0.2) is 0 Å². The smallest absolute Gasteiger partial charge is 0.268 e. The van der Waals surface area contributed by atoms with Gasteiger partial charge in [-0.2, -0.15) is 0 Å². The maximum Gasteiger partial charge on any atom is 0.268 e. The summed E-state index contributed by atoms with van der Waals surface area (Å²) < 4.78 is 10.7. The van der Waals surface area contributed by atoms with Crippen LogP contribution < -0.4 is 11.3 Å². The Morgan fingerprint density at radius 1 is 1.56 bits per heavy atom. The molecule has 5 heteroatoms. The first-order chi connectivity index (χ1) is 7.54. The van der Waals surface area contributed by atoms with E-state index in [0.717, 1.165) is 0 Å².